The third kappa shape index (κ3) is 3.08. The number of ether oxygens (including phenoxy) is 1. The minimum Gasteiger partial charge on any atom is -0.497 e. The Labute approximate surface area is 150 Å². The van der Waals surface area contributed by atoms with Gasteiger partial charge in [-0.25, -0.2) is 9.78 Å². The molecule has 26 heavy (non-hydrogen) atoms. The van der Waals surface area contributed by atoms with E-state index in [1.165, 1.54) is 11.6 Å². The molecule has 0 saturated carbocycles. The molecule has 0 saturated heterocycles. The lowest BCUT2D eigenvalue weighted by molar-refractivity contribution is 0.414. The van der Waals surface area contributed by atoms with Crippen molar-refractivity contribution < 1.29 is 4.74 Å². The van der Waals surface area contributed by atoms with Gasteiger partial charge in [0.2, 0.25) is 0 Å². The minimum absolute atomic E-state index is 0.344. The summed E-state index contributed by atoms with van der Waals surface area (Å²) in [4.78, 5) is 29.0. The number of aromatic nitrogens is 3. The van der Waals surface area contributed by atoms with Gasteiger partial charge in [0.1, 0.15) is 11.1 Å². The number of fused-ring (bicyclic) bond motifs is 1. The number of methoxy groups -OCH3 is 1. The number of aryl methyl sites for hydroxylation is 2. The van der Waals surface area contributed by atoms with E-state index in [0.29, 0.717) is 23.3 Å². The summed E-state index contributed by atoms with van der Waals surface area (Å²) in [5.41, 5.74) is 2.36. The van der Waals surface area contributed by atoms with Gasteiger partial charge in [0.05, 0.1) is 12.8 Å². The van der Waals surface area contributed by atoms with Crippen molar-refractivity contribution in [2.45, 2.75) is 13.3 Å². The second kappa shape index (κ2) is 7.03. The number of nitrogens with one attached hydrogen (secondary N) is 1. The maximum absolute atomic E-state index is 12.6. The van der Waals surface area contributed by atoms with Crippen LogP contribution >= 0.6 is 0 Å². The molecule has 1 aromatic carbocycles. The third-order valence-corrected chi connectivity index (χ3v) is 4.51. The molecule has 0 aliphatic heterocycles. The topological polar surface area (TPSA) is 78.2 Å². The summed E-state index contributed by atoms with van der Waals surface area (Å²) < 4.78 is 7.74. The number of hydrogen-bond donors (Lipinski definition) is 1. The van der Waals surface area contributed by atoms with Gasteiger partial charge in [-0.05, 0) is 36.6 Å². The van der Waals surface area contributed by atoms with Crippen LogP contribution in [0.2, 0.25) is 0 Å². The first-order chi connectivity index (χ1) is 12.4. The molecule has 3 aromatic rings. The molecule has 0 atom stereocenters. The van der Waals surface area contributed by atoms with Crippen LogP contribution in [0.4, 0.5) is 5.69 Å². The molecule has 2 heterocycles. The van der Waals surface area contributed by atoms with Crippen LogP contribution in [0, 0.1) is 6.92 Å². The Hall–Kier alpha value is -3.09. The first kappa shape index (κ1) is 17.7. The molecule has 0 amide bonds. The summed E-state index contributed by atoms with van der Waals surface area (Å²) in [5, 5.41) is 3.78. The van der Waals surface area contributed by atoms with Gasteiger partial charge in [-0.1, -0.05) is 12.1 Å². The Kier molecular flexibility index (Phi) is 4.79. The van der Waals surface area contributed by atoms with E-state index in [4.69, 9.17) is 4.74 Å². The number of hydrogen-bond acceptors (Lipinski definition) is 5. The van der Waals surface area contributed by atoms with Gasteiger partial charge in [-0.15, -0.1) is 0 Å². The fourth-order valence-electron chi connectivity index (χ4n) is 3.01. The van der Waals surface area contributed by atoms with Gasteiger partial charge in [0.25, 0.3) is 5.56 Å². The molecule has 0 spiro atoms. The zero-order valence-corrected chi connectivity index (χ0v) is 15.4. The smallest absolute Gasteiger partial charge is 0.332 e. The van der Waals surface area contributed by atoms with Crippen molar-refractivity contribution in [2.75, 3.05) is 19.0 Å². The Balaban J connectivity index is 1.96. The van der Waals surface area contributed by atoms with E-state index in [-0.39, 0.29) is 11.2 Å². The van der Waals surface area contributed by atoms with Crippen molar-refractivity contribution in [1.82, 2.24) is 14.1 Å². The second-order valence-electron chi connectivity index (χ2n) is 6.25. The van der Waals surface area contributed by atoms with Gasteiger partial charge < -0.3 is 10.1 Å². The zero-order valence-electron chi connectivity index (χ0n) is 15.4. The minimum atomic E-state index is -0.388. The summed E-state index contributed by atoms with van der Waals surface area (Å²) in [7, 11) is 4.74. The highest BCUT2D eigenvalue weighted by molar-refractivity contribution is 5.89. The highest BCUT2D eigenvalue weighted by Gasteiger charge is 2.15. The molecule has 136 valence electrons. The van der Waals surface area contributed by atoms with Gasteiger partial charge in [-0.3, -0.25) is 13.9 Å². The Bertz CT molecular complexity index is 1080. The molecular formula is C19H22N4O3. The fourth-order valence-corrected chi connectivity index (χ4v) is 3.01. The maximum Gasteiger partial charge on any atom is 0.332 e. The highest BCUT2D eigenvalue weighted by Crippen LogP contribution is 2.22. The molecule has 0 aliphatic rings. The van der Waals surface area contributed by atoms with Crippen LogP contribution in [0.1, 0.15) is 11.1 Å². The van der Waals surface area contributed by atoms with Crippen molar-refractivity contribution in [3.63, 3.8) is 0 Å². The Morgan fingerprint density at radius 1 is 1.19 bits per heavy atom. The Morgan fingerprint density at radius 2 is 1.96 bits per heavy atom. The maximum atomic E-state index is 12.6. The molecule has 0 radical (unpaired) electrons. The van der Waals surface area contributed by atoms with Gasteiger partial charge in [0.15, 0.2) is 5.65 Å². The van der Waals surface area contributed by atoms with E-state index in [9.17, 15) is 9.59 Å². The molecular weight excluding hydrogens is 332 g/mol. The normalized spacial score (nSPS) is 10.9. The summed E-state index contributed by atoms with van der Waals surface area (Å²) in [6.45, 7) is 2.53. The lowest BCUT2D eigenvalue weighted by atomic mass is 10.1. The predicted octanol–water partition coefficient (Wildman–Crippen LogP) is 1.60. The summed E-state index contributed by atoms with van der Waals surface area (Å²) >= 11 is 0. The lowest BCUT2D eigenvalue weighted by Gasteiger charge is -2.14. The average molecular weight is 354 g/mol. The average Bonchev–Trinajstić information content (AvgIpc) is 2.66. The summed E-state index contributed by atoms with van der Waals surface area (Å²) in [6, 6.07) is 7.88. The number of anilines is 1. The van der Waals surface area contributed by atoms with Crippen molar-refractivity contribution in [3.8, 4) is 5.75 Å². The largest absolute Gasteiger partial charge is 0.497 e. The van der Waals surface area contributed by atoms with Crippen LogP contribution in [-0.2, 0) is 20.5 Å². The standard InChI is InChI=1S/C19H22N4O3/c1-12-11-21-17-15(18(24)23(3)19(25)22(17)2)16(12)20-9-8-13-6-5-7-14(10-13)26-4/h5-7,10-11H,8-9H2,1-4H3,(H,20,21). The molecule has 7 nitrogen and oxygen atoms in total. The predicted molar refractivity (Wildman–Crippen MR) is 102 cm³/mol. The molecule has 7 heteroatoms. The van der Waals surface area contributed by atoms with Crippen molar-refractivity contribution >= 4 is 16.7 Å². The second-order valence-corrected chi connectivity index (χ2v) is 6.25. The number of nitrogens with zero attached hydrogens (tertiary/aromatic N) is 3. The van der Waals surface area contributed by atoms with Crippen LogP contribution in [0.25, 0.3) is 11.0 Å². The molecule has 0 fully saturated rings. The first-order valence-corrected chi connectivity index (χ1v) is 8.36. The molecule has 0 bridgehead atoms. The SMILES string of the molecule is COc1cccc(CCNc2c(C)cnc3c2c(=O)n(C)c(=O)n3C)c1. The van der Waals surface area contributed by atoms with E-state index in [1.807, 2.05) is 31.2 Å². The van der Waals surface area contributed by atoms with Crippen LogP contribution in [0.5, 0.6) is 5.75 Å². The van der Waals surface area contributed by atoms with Gasteiger partial charge >= 0.3 is 5.69 Å². The van der Waals surface area contributed by atoms with Crippen LogP contribution in [0.15, 0.2) is 40.1 Å². The van der Waals surface area contributed by atoms with Crippen LogP contribution in [-0.4, -0.2) is 27.8 Å². The van der Waals surface area contributed by atoms with Crippen LogP contribution in [0.3, 0.4) is 0 Å². The first-order valence-electron chi connectivity index (χ1n) is 8.36. The molecule has 0 unspecified atom stereocenters. The van der Waals surface area contributed by atoms with E-state index in [2.05, 4.69) is 10.3 Å². The monoisotopic (exact) mass is 354 g/mol. The van der Waals surface area contributed by atoms with E-state index in [0.717, 1.165) is 27.9 Å². The number of benzene rings is 1. The van der Waals surface area contributed by atoms with Gasteiger partial charge in [0, 0.05) is 26.8 Å². The molecule has 1 N–H and O–H groups in total. The van der Waals surface area contributed by atoms with Gasteiger partial charge in [-0.2, -0.15) is 0 Å². The lowest BCUT2D eigenvalue weighted by Crippen LogP contribution is -2.37. The Morgan fingerprint density at radius 3 is 2.69 bits per heavy atom. The van der Waals surface area contributed by atoms with Crippen LogP contribution < -0.4 is 21.3 Å². The highest BCUT2D eigenvalue weighted by atomic mass is 16.5. The molecule has 2 aromatic heterocycles. The zero-order chi connectivity index (χ0) is 18.8. The van der Waals surface area contributed by atoms with E-state index in [1.54, 1.807) is 20.4 Å². The summed E-state index contributed by atoms with van der Waals surface area (Å²) in [6.07, 6.45) is 2.45. The molecule has 3 rings (SSSR count). The van der Waals surface area contributed by atoms with Crippen molar-refractivity contribution in [2.24, 2.45) is 14.1 Å². The fraction of sp³-hybridized carbons (Fsp3) is 0.316. The quantitative estimate of drug-likeness (QED) is 0.753. The molecule has 0 aliphatic carbocycles. The van der Waals surface area contributed by atoms with Crippen molar-refractivity contribution in [1.29, 1.82) is 0 Å². The summed E-state index contributed by atoms with van der Waals surface area (Å²) in [5.74, 6) is 0.817. The van der Waals surface area contributed by atoms with E-state index >= 15 is 0 Å². The number of rotatable bonds is 5. The van der Waals surface area contributed by atoms with Crippen molar-refractivity contribution in [3.05, 3.63) is 62.4 Å². The third-order valence-electron chi connectivity index (χ3n) is 4.51. The van der Waals surface area contributed by atoms with E-state index < -0.39 is 0 Å². The number of pyridine rings is 1.